The zero-order valence-corrected chi connectivity index (χ0v) is 23.4. The molecular weight excluding hydrogens is 474 g/mol. The number of ether oxygens (including phenoxy) is 1. The summed E-state index contributed by atoms with van der Waals surface area (Å²) >= 11 is 0. The Morgan fingerprint density at radius 1 is 0.842 bits per heavy atom. The highest BCUT2D eigenvalue weighted by atomic mass is 16.5. The topological polar surface area (TPSA) is 44.2 Å². The van der Waals surface area contributed by atoms with Gasteiger partial charge in [0.15, 0.2) is 0 Å². The quantitative estimate of drug-likeness (QED) is 0.434. The molecule has 1 amide bonds. The molecule has 38 heavy (non-hydrogen) atoms. The van der Waals surface area contributed by atoms with Gasteiger partial charge in [0.25, 0.3) is 5.91 Å². The lowest BCUT2D eigenvalue weighted by molar-refractivity contribution is 0.0639. The molecule has 7 nitrogen and oxygen atoms in total. The molecule has 7 heteroatoms. The number of likely N-dealkylation sites (N-methyl/N-ethyl adjacent to an activating group) is 1. The molecule has 0 spiro atoms. The van der Waals surface area contributed by atoms with Crippen LogP contribution in [0, 0.1) is 6.92 Å². The standard InChI is InChI=1S/C31H43N5O2/c1-25-30(31(37)35-22-20-34(21-23-35)15-12-26-8-5-4-6-9-26)28-24-27(38-3)10-11-29(28)36(25)14-7-13-33-18-16-32(2)17-19-33/h4-6,8-11,24H,7,12-23H2,1-3H3. The summed E-state index contributed by atoms with van der Waals surface area (Å²) in [6, 6.07) is 16.8. The summed E-state index contributed by atoms with van der Waals surface area (Å²) in [6.07, 6.45) is 2.13. The fraction of sp³-hybridized carbons (Fsp3) is 0.516. The van der Waals surface area contributed by atoms with Gasteiger partial charge in [-0.25, -0.2) is 0 Å². The van der Waals surface area contributed by atoms with E-state index in [0.29, 0.717) is 0 Å². The van der Waals surface area contributed by atoms with Gasteiger partial charge in [-0.1, -0.05) is 30.3 Å². The highest BCUT2D eigenvalue weighted by molar-refractivity contribution is 6.08. The Kier molecular flexibility index (Phi) is 8.67. The summed E-state index contributed by atoms with van der Waals surface area (Å²) in [4.78, 5) is 23.4. The van der Waals surface area contributed by atoms with Crippen molar-refractivity contribution < 1.29 is 9.53 Å². The van der Waals surface area contributed by atoms with Gasteiger partial charge in [-0.3, -0.25) is 9.69 Å². The monoisotopic (exact) mass is 517 g/mol. The van der Waals surface area contributed by atoms with E-state index in [2.05, 4.69) is 74.5 Å². The van der Waals surface area contributed by atoms with Crippen molar-refractivity contribution in [2.24, 2.45) is 0 Å². The minimum atomic E-state index is 0.154. The summed E-state index contributed by atoms with van der Waals surface area (Å²) in [5, 5.41) is 1.01. The van der Waals surface area contributed by atoms with Crippen LogP contribution in [0.1, 0.15) is 28.0 Å². The molecule has 0 radical (unpaired) electrons. The number of piperazine rings is 2. The van der Waals surface area contributed by atoms with Crippen LogP contribution >= 0.6 is 0 Å². The van der Waals surface area contributed by atoms with E-state index in [1.165, 1.54) is 5.56 Å². The van der Waals surface area contributed by atoms with Crippen molar-refractivity contribution in [3.8, 4) is 5.75 Å². The van der Waals surface area contributed by atoms with E-state index in [1.807, 2.05) is 12.1 Å². The SMILES string of the molecule is COc1ccc2c(c1)c(C(=O)N1CCN(CCc3ccccc3)CC1)c(C)n2CCCN1CCN(C)CC1. The Hall–Kier alpha value is -2.87. The predicted octanol–water partition coefficient (Wildman–Crippen LogP) is 3.60. The molecule has 0 bridgehead atoms. The molecule has 0 atom stereocenters. The van der Waals surface area contributed by atoms with Crippen molar-refractivity contribution in [1.82, 2.24) is 24.2 Å². The number of methoxy groups -OCH3 is 1. The zero-order chi connectivity index (χ0) is 26.5. The number of nitrogens with zero attached hydrogens (tertiary/aromatic N) is 5. The number of carbonyl (C=O) groups excluding carboxylic acids is 1. The van der Waals surface area contributed by atoms with Crippen LogP contribution in [0.15, 0.2) is 48.5 Å². The molecular formula is C31H43N5O2. The molecule has 0 unspecified atom stereocenters. The minimum absolute atomic E-state index is 0.154. The van der Waals surface area contributed by atoms with Gasteiger partial charge in [0.1, 0.15) is 5.75 Å². The molecule has 0 saturated carbocycles. The maximum atomic E-state index is 13.9. The first-order valence-corrected chi connectivity index (χ1v) is 14.2. The van der Waals surface area contributed by atoms with E-state index in [4.69, 9.17) is 4.74 Å². The molecule has 0 N–H and O–H groups in total. The van der Waals surface area contributed by atoms with Crippen LogP contribution in [0.2, 0.25) is 0 Å². The highest BCUT2D eigenvalue weighted by Crippen LogP contribution is 2.31. The van der Waals surface area contributed by atoms with Gasteiger partial charge in [0.2, 0.25) is 0 Å². The first kappa shape index (κ1) is 26.7. The number of fused-ring (bicyclic) bond motifs is 1. The van der Waals surface area contributed by atoms with Crippen molar-refractivity contribution in [3.63, 3.8) is 0 Å². The lowest BCUT2D eigenvalue weighted by atomic mass is 10.1. The van der Waals surface area contributed by atoms with Crippen molar-refractivity contribution in [1.29, 1.82) is 0 Å². The number of hydrogen-bond acceptors (Lipinski definition) is 5. The Balaban J connectivity index is 1.26. The first-order valence-electron chi connectivity index (χ1n) is 14.2. The van der Waals surface area contributed by atoms with Crippen molar-refractivity contribution in [3.05, 3.63) is 65.4 Å². The van der Waals surface area contributed by atoms with Crippen LogP contribution in [-0.2, 0) is 13.0 Å². The van der Waals surface area contributed by atoms with Crippen LogP contribution in [0.4, 0.5) is 0 Å². The van der Waals surface area contributed by atoms with Gasteiger partial charge >= 0.3 is 0 Å². The van der Waals surface area contributed by atoms with Crippen molar-refractivity contribution >= 4 is 16.8 Å². The second-order valence-corrected chi connectivity index (χ2v) is 10.9. The molecule has 2 aliphatic rings. The second kappa shape index (κ2) is 12.3. The lowest BCUT2D eigenvalue weighted by Crippen LogP contribution is -2.49. The van der Waals surface area contributed by atoms with Crippen LogP contribution in [0.25, 0.3) is 10.9 Å². The summed E-state index contributed by atoms with van der Waals surface area (Å²) in [5.41, 5.74) is 4.42. The maximum Gasteiger partial charge on any atom is 0.256 e. The molecule has 1 aromatic heterocycles. The molecule has 3 heterocycles. The third-order valence-electron chi connectivity index (χ3n) is 8.42. The average molecular weight is 518 g/mol. The van der Waals surface area contributed by atoms with E-state index >= 15 is 0 Å². The minimum Gasteiger partial charge on any atom is -0.497 e. The number of hydrogen-bond donors (Lipinski definition) is 0. The van der Waals surface area contributed by atoms with Gasteiger partial charge in [0.05, 0.1) is 12.7 Å². The van der Waals surface area contributed by atoms with E-state index in [9.17, 15) is 4.79 Å². The van der Waals surface area contributed by atoms with Gasteiger partial charge in [-0.15, -0.1) is 0 Å². The van der Waals surface area contributed by atoms with Crippen LogP contribution in [0.3, 0.4) is 0 Å². The Bertz CT molecular complexity index is 1210. The molecule has 204 valence electrons. The summed E-state index contributed by atoms with van der Waals surface area (Å²) in [6.45, 7) is 13.1. The summed E-state index contributed by atoms with van der Waals surface area (Å²) < 4.78 is 7.90. The van der Waals surface area contributed by atoms with Crippen molar-refractivity contribution in [2.75, 3.05) is 79.6 Å². The molecule has 5 rings (SSSR count). The molecule has 2 fully saturated rings. The van der Waals surface area contributed by atoms with E-state index in [0.717, 1.165) is 113 Å². The smallest absolute Gasteiger partial charge is 0.256 e. The Morgan fingerprint density at radius 2 is 1.53 bits per heavy atom. The first-order chi connectivity index (χ1) is 18.5. The Morgan fingerprint density at radius 3 is 2.24 bits per heavy atom. The second-order valence-electron chi connectivity index (χ2n) is 10.9. The lowest BCUT2D eigenvalue weighted by Gasteiger charge is -2.35. The van der Waals surface area contributed by atoms with E-state index in [-0.39, 0.29) is 5.91 Å². The molecule has 2 saturated heterocycles. The van der Waals surface area contributed by atoms with Gasteiger partial charge < -0.3 is 24.0 Å². The van der Waals surface area contributed by atoms with Crippen molar-refractivity contribution in [2.45, 2.75) is 26.3 Å². The normalized spacial score (nSPS) is 17.8. The highest BCUT2D eigenvalue weighted by Gasteiger charge is 2.27. The molecule has 0 aliphatic carbocycles. The molecule has 2 aromatic carbocycles. The number of benzene rings is 2. The third kappa shape index (κ3) is 6.06. The predicted molar refractivity (Wildman–Crippen MR) is 154 cm³/mol. The van der Waals surface area contributed by atoms with Gasteiger partial charge in [-0.2, -0.15) is 0 Å². The zero-order valence-electron chi connectivity index (χ0n) is 23.4. The summed E-state index contributed by atoms with van der Waals surface area (Å²) in [7, 11) is 3.89. The van der Waals surface area contributed by atoms with E-state index < -0.39 is 0 Å². The van der Waals surface area contributed by atoms with Crippen LogP contribution in [-0.4, -0.2) is 110 Å². The number of aryl methyl sites for hydroxylation is 1. The molecule has 2 aliphatic heterocycles. The average Bonchev–Trinajstić information content (AvgIpc) is 3.23. The maximum absolute atomic E-state index is 13.9. The van der Waals surface area contributed by atoms with Gasteiger partial charge in [-0.05, 0) is 57.1 Å². The summed E-state index contributed by atoms with van der Waals surface area (Å²) in [5.74, 6) is 0.952. The fourth-order valence-corrected chi connectivity index (χ4v) is 5.93. The van der Waals surface area contributed by atoms with Crippen LogP contribution in [0.5, 0.6) is 5.75 Å². The number of aromatic nitrogens is 1. The number of amides is 1. The number of carbonyl (C=O) groups is 1. The van der Waals surface area contributed by atoms with E-state index in [1.54, 1.807) is 7.11 Å². The fourth-order valence-electron chi connectivity index (χ4n) is 5.93. The largest absolute Gasteiger partial charge is 0.497 e. The molecule has 3 aromatic rings. The Labute approximate surface area is 227 Å². The van der Waals surface area contributed by atoms with Gasteiger partial charge in [0, 0.05) is 82.0 Å². The third-order valence-corrected chi connectivity index (χ3v) is 8.42. The van der Waals surface area contributed by atoms with Crippen LogP contribution < -0.4 is 4.74 Å². The number of rotatable bonds is 9.